The van der Waals surface area contributed by atoms with Crippen LogP contribution in [0, 0.1) is 0 Å². The molecule has 0 aliphatic carbocycles. The van der Waals surface area contributed by atoms with Crippen molar-refractivity contribution in [3.05, 3.63) is 71.3 Å². The molecule has 0 radical (unpaired) electrons. The van der Waals surface area contributed by atoms with Gasteiger partial charge in [0, 0.05) is 0 Å². The lowest BCUT2D eigenvalue weighted by Crippen LogP contribution is -2.54. The van der Waals surface area contributed by atoms with E-state index in [-0.39, 0.29) is 5.92 Å². The summed E-state index contributed by atoms with van der Waals surface area (Å²) in [6.45, 7) is 3.62. The van der Waals surface area contributed by atoms with Gasteiger partial charge in [-0.2, -0.15) is 26.3 Å². The van der Waals surface area contributed by atoms with Gasteiger partial charge in [0.15, 0.2) is 0 Å². The highest BCUT2D eigenvalue weighted by Gasteiger charge is 2.72. The topological polar surface area (TPSA) is 0 Å². The molecule has 0 amide bonds. The van der Waals surface area contributed by atoms with Crippen LogP contribution in [0.1, 0.15) is 36.5 Å². The Balaban J connectivity index is 2.80. The molecule has 130 valence electrons. The Hall–Kier alpha value is -1.98. The molecular weight excluding hydrogens is 330 g/mol. The van der Waals surface area contributed by atoms with Crippen LogP contribution in [0.15, 0.2) is 54.6 Å². The summed E-state index contributed by atoms with van der Waals surface area (Å²) in [6, 6.07) is 9.91. The van der Waals surface area contributed by atoms with Crippen molar-refractivity contribution in [2.75, 3.05) is 0 Å². The Labute approximate surface area is 136 Å². The quantitative estimate of drug-likeness (QED) is 0.579. The molecule has 2 aromatic rings. The van der Waals surface area contributed by atoms with Gasteiger partial charge in [-0.3, -0.25) is 0 Å². The van der Waals surface area contributed by atoms with E-state index in [9.17, 15) is 26.3 Å². The fraction of sp³-hybridized carbons (Fsp3) is 0.333. The second-order valence-corrected chi connectivity index (χ2v) is 5.89. The maximum Gasteiger partial charge on any atom is 0.411 e. The second-order valence-electron chi connectivity index (χ2n) is 5.89. The third kappa shape index (κ3) is 2.89. The van der Waals surface area contributed by atoms with Crippen LogP contribution < -0.4 is 0 Å². The highest BCUT2D eigenvalue weighted by molar-refractivity contribution is 5.45. The van der Waals surface area contributed by atoms with Crippen molar-refractivity contribution in [1.82, 2.24) is 0 Å². The van der Waals surface area contributed by atoms with Crippen molar-refractivity contribution in [3.63, 3.8) is 0 Å². The van der Waals surface area contributed by atoms with Crippen molar-refractivity contribution in [2.24, 2.45) is 0 Å². The van der Waals surface area contributed by atoms with Gasteiger partial charge >= 0.3 is 12.4 Å². The van der Waals surface area contributed by atoms with Gasteiger partial charge in [-0.25, -0.2) is 0 Å². The number of alkyl halides is 6. The van der Waals surface area contributed by atoms with Gasteiger partial charge < -0.3 is 0 Å². The van der Waals surface area contributed by atoms with E-state index in [0.29, 0.717) is 5.56 Å². The molecule has 0 N–H and O–H groups in total. The lowest BCUT2D eigenvalue weighted by atomic mass is 9.72. The summed E-state index contributed by atoms with van der Waals surface area (Å²) in [5, 5.41) is 0. The predicted molar refractivity (Wildman–Crippen MR) is 79.9 cm³/mol. The zero-order chi connectivity index (χ0) is 18.2. The van der Waals surface area contributed by atoms with Crippen molar-refractivity contribution < 1.29 is 26.3 Å². The van der Waals surface area contributed by atoms with E-state index in [1.165, 1.54) is 30.3 Å². The predicted octanol–water partition coefficient (Wildman–Crippen LogP) is 6.22. The monoisotopic (exact) mass is 346 g/mol. The Morgan fingerprint density at radius 3 is 1.42 bits per heavy atom. The lowest BCUT2D eigenvalue weighted by molar-refractivity contribution is -0.288. The number of hydrogen-bond donors (Lipinski definition) is 0. The Kier molecular flexibility index (Phi) is 4.70. The summed E-state index contributed by atoms with van der Waals surface area (Å²) in [7, 11) is 0. The molecule has 0 saturated heterocycles. The van der Waals surface area contributed by atoms with Gasteiger partial charge in [-0.05, 0) is 22.6 Å². The summed E-state index contributed by atoms with van der Waals surface area (Å²) < 4.78 is 82.7. The molecule has 2 rings (SSSR count). The first-order chi connectivity index (χ1) is 11.0. The molecule has 0 heterocycles. The molecule has 6 heteroatoms. The van der Waals surface area contributed by atoms with Crippen LogP contribution >= 0.6 is 0 Å². The van der Waals surface area contributed by atoms with Gasteiger partial charge in [0.2, 0.25) is 5.41 Å². The van der Waals surface area contributed by atoms with Gasteiger partial charge in [0.1, 0.15) is 0 Å². The minimum atomic E-state index is -5.54. The first-order valence-electron chi connectivity index (χ1n) is 7.31. The largest absolute Gasteiger partial charge is 0.411 e. The Bertz CT molecular complexity index is 651. The highest BCUT2D eigenvalue weighted by atomic mass is 19.4. The number of hydrogen-bond acceptors (Lipinski definition) is 0. The molecule has 0 fully saturated rings. The summed E-state index contributed by atoms with van der Waals surface area (Å²) in [4.78, 5) is 0. The maximum absolute atomic E-state index is 13.8. The molecular formula is C18H16F6. The minimum absolute atomic E-state index is 0.00180. The molecule has 0 unspecified atom stereocenters. The zero-order valence-electron chi connectivity index (χ0n) is 13.0. The van der Waals surface area contributed by atoms with Crippen molar-refractivity contribution in [2.45, 2.75) is 37.5 Å². The van der Waals surface area contributed by atoms with Crippen molar-refractivity contribution in [3.8, 4) is 0 Å². The summed E-state index contributed by atoms with van der Waals surface area (Å²) in [5.74, 6) is 0.00180. The van der Waals surface area contributed by atoms with Crippen molar-refractivity contribution >= 4 is 0 Å². The van der Waals surface area contributed by atoms with Crippen LogP contribution in [0.2, 0.25) is 0 Å². The lowest BCUT2D eigenvalue weighted by Gasteiger charge is -2.38. The molecule has 0 spiro atoms. The zero-order valence-corrected chi connectivity index (χ0v) is 13.0. The SMILES string of the molecule is CC(C)c1ccc(C(c2ccccc2)(C(F)(F)F)C(F)(F)F)cc1. The average Bonchev–Trinajstić information content (AvgIpc) is 2.46. The molecule has 0 bridgehead atoms. The van der Waals surface area contributed by atoms with Gasteiger partial charge in [0.05, 0.1) is 0 Å². The van der Waals surface area contributed by atoms with Crippen LogP contribution in [0.3, 0.4) is 0 Å². The fourth-order valence-electron chi connectivity index (χ4n) is 2.79. The Morgan fingerprint density at radius 2 is 1.04 bits per heavy atom. The maximum atomic E-state index is 13.8. The molecule has 0 aliphatic heterocycles. The van der Waals surface area contributed by atoms with Gasteiger partial charge in [-0.15, -0.1) is 0 Å². The van der Waals surface area contributed by atoms with E-state index in [0.717, 1.165) is 24.3 Å². The first-order valence-corrected chi connectivity index (χ1v) is 7.31. The molecule has 0 aliphatic rings. The average molecular weight is 346 g/mol. The summed E-state index contributed by atoms with van der Waals surface area (Å²) >= 11 is 0. The van der Waals surface area contributed by atoms with Crippen LogP contribution in [-0.2, 0) is 5.41 Å². The summed E-state index contributed by atoms with van der Waals surface area (Å²) in [6.07, 6.45) is -11.1. The summed E-state index contributed by atoms with van der Waals surface area (Å²) in [5.41, 5.74) is -5.07. The van der Waals surface area contributed by atoms with Crippen LogP contribution in [0.25, 0.3) is 0 Å². The minimum Gasteiger partial charge on any atom is -0.169 e. The first kappa shape index (κ1) is 18.4. The van der Waals surface area contributed by atoms with Gasteiger partial charge in [0.25, 0.3) is 0 Å². The highest BCUT2D eigenvalue weighted by Crippen LogP contribution is 2.56. The third-order valence-corrected chi connectivity index (χ3v) is 4.07. The molecule has 0 atom stereocenters. The number of benzene rings is 2. The Morgan fingerprint density at radius 1 is 0.625 bits per heavy atom. The molecule has 0 saturated carbocycles. The smallest absolute Gasteiger partial charge is 0.169 e. The van der Waals surface area contributed by atoms with Crippen molar-refractivity contribution in [1.29, 1.82) is 0 Å². The van der Waals surface area contributed by atoms with E-state index in [4.69, 9.17) is 0 Å². The van der Waals surface area contributed by atoms with E-state index in [1.54, 1.807) is 0 Å². The molecule has 24 heavy (non-hydrogen) atoms. The molecule has 2 aromatic carbocycles. The van der Waals surface area contributed by atoms with E-state index in [1.807, 2.05) is 13.8 Å². The number of halogens is 6. The van der Waals surface area contributed by atoms with E-state index >= 15 is 0 Å². The molecule has 0 nitrogen and oxygen atoms in total. The normalized spacial score (nSPS) is 13.4. The molecule has 0 aromatic heterocycles. The van der Waals surface area contributed by atoms with Crippen LogP contribution in [0.5, 0.6) is 0 Å². The van der Waals surface area contributed by atoms with Gasteiger partial charge in [-0.1, -0.05) is 68.4 Å². The van der Waals surface area contributed by atoms with E-state index in [2.05, 4.69) is 0 Å². The third-order valence-electron chi connectivity index (χ3n) is 4.07. The second kappa shape index (κ2) is 6.15. The van der Waals surface area contributed by atoms with E-state index < -0.39 is 28.9 Å². The van der Waals surface area contributed by atoms with Crippen LogP contribution in [-0.4, -0.2) is 12.4 Å². The number of rotatable bonds is 3. The standard InChI is InChI=1S/C18H16F6/c1-12(2)13-8-10-15(11-9-13)16(17(19,20)21,18(22,23)24)14-6-4-3-5-7-14/h3-12H,1-2H3. The fourth-order valence-corrected chi connectivity index (χ4v) is 2.79. The van der Waals surface area contributed by atoms with Crippen LogP contribution in [0.4, 0.5) is 26.3 Å².